The number of benzene rings is 1. The third kappa shape index (κ3) is 3.29. The minimum absolute atomic E-state index is 0.0729. The highest BCUT2D eigenvalue weighted by molar-refractivity contribution is 14.1. The summed E-state index contributed by atoms with van der Waals surface area (Å²) in [4.78, 5) is 11.9. The molecule has 2 rings (SSSR count). The van der Waals surface area contributed by atoms with Crippen molar-refractivity contribution in [1.82, 2.24) is 0 Å². The SMILES string of the molecule is Cc1cc(I)ccc1NC(=O)c1csc(Br)c1. The van der Waals surface area contributed by atoms with Crippen LogP contribution in [0.2, 0.25) is 0 Å². The van der Waals surface area contributed by atoms with Crippen LogP contribution >= 0.6 is 49.9 Å². The van der Waals surface area contributed by atoms with Crippen molar-refractivity contribution in [1.29, 1.82) is 0 Å². The Balaban J connectivity index is 2.18. The number of hydrogen-bond acceptors (Lipinski definition) is 2. The van der Waals surface area contributed by atoms with Crippen LogP contribution in [0.5, 0.6) is 0 Å². The van der Waals surface area contributed by atoms with Crippen LogP contribution in [0.25, 0.3) is 0 Å². The number of carbonyl (C=O) groups excluding carboxylic acids is 1. The van der Waals surface area contributed by atoms with Crippen LogP contribution in [0.4, 0.5) is 5.69 Å². The average Bonchev–Trinajstić information content (AvgIpc) is 2.69. The predicted molar refractivity (Wildman–Crippen MR) is 83.9 cm³/mol. The summed E-state index contributed by atoms with van der Waals surface area (Å²) in [5.74, 6) is -0.0729. The van der Waals surface area contributed by atoms with Crippen LogP contribution in [0, 0.1) is 10.5 Å². The van der Waals surface area contributed by atoms with Crippen molar-refractivity contribution < 1.29 is 4.79 Å². The van der Waals surface area contributed by atoms with Gasteiger partial charge in [-0.2, -0.15) is 0 Å². The fraction of sp³-hybridized carbons (Fsp3) is 0.0833. The first-order valence-corrected chi connectivity index (χ1v) is 7.63. The average molecular weight is 422 g/mol. The van der Waals surface area contributed by atoms with E-state index in [9.17, 15) is 4.79 Å². The fourth-order valence-corrected chi connectivity index (χ4v) is 3.17. The maximum atomic E-state index is 11.9. The molecule has 1 aromatic heterocycles. The number of aryl methyl sites for hydroxylation is 1. The highest BCUT2D eigenvalue weighted by Crippen LogP contribution is 2.23. The monoisotopic (exact) mass is 421 g/mol. The number of halogens is 2. The van der Waals surface area contributed by atoms with E-state index in [1.807, 2.05) is 36.6 Å². The minimum Gasteiger partial charge on any atom is -0.322 e. The molecule has 5 heteroatoms. The first-order chi connectivity index (χ1) is 8.06. The number of nitrogens with one attached hydrogen (secondary N) is 1. The first kappa shape index (κ1) is 13.0. The van der Waals surface area contributed by atoms with Gasteiger partial charge in [-0.15, -0.1) is 11.3 Å². The van der Waals surface area contributed by atoms with Crippen LogP contribution in [0.3, 0.4) is 0 Å². The van der Waals surface area contributed by atoms with Gasteiger partial charge in [-0.1, -0.05) is 0 Å². The molecular weight excluding hydrogens is 413 g/mol. The van der Waals surface area contributed by atoms with Gasteiger partial charge < -0.3 is 5.32 Å². The quantitative estimate of drug-likeness (QED) is 0.701. The standard InChI is InChI=1S/C12H9BrINOS/c1-7-4-9(14)2-3-10(7)15-12(16)8-5-11(13)17-6-8/h2-6H,1H3,(H,15,16). The van der Waals surface area contributed by atoms with Crippen LogP contribution in [-0.2, 0) is 0 Å². The van der Waals surface area contributed by atoms with Crippen molar-refractivity contribution in [3.63, 3.8) is 0 Å². The molecule has 0 atom stereocenters. The molecule has 0 aliphatic carbocycles. The van der Waals surface area contributed by atoms with Gasteiger partial charge in [0.25, 0.3) is 5.91 Å². The molecule has 1 amide bonds. The maximum Gasteiger partial charge on any atom is 0.256 e. The third-order valence-electron chi connectivity index (χ3n) is 2.27. The van der Waals surface area contributed by atoms with Crippen molar-refractivity contribution in [3.05, 3.63) is 48.1 Å². The molecule has 2 nitrogen and oxygen atoms in total. The zero-order chi connectivity index (χ0) is 12.4. The topological polar surface area (TPSA) is 29.1 Å². The van der Waals surface area contributed by atoms with Gasteiger partial charge in [0, 0.05) is 14.6 Å². The summed E-state index contributed by atoms with van der Waals surface area (Å²) in [7, 11) is 0. The molecule has 0 unspecified atom stereocenters. The molecular formula is C12H9BrINOS. The van der Waals surface area contributed by atoms with Crippen molar-refractivity contribution in [2.75, 3.05) is 5.32 Å². The first-order valence-electron chi connectivity index (χ1n) is 4.88. The summed E-state index contributed by atoms with van der Waals surface area (Å²) < 4.78 is 2.12. The Morgan fingerprint density at radius 1 is 1.41 bits per heavy atom. The molecule has 0 aliphatic heterocycles. The van der Waals surface area contributed by atoms with E-state index < -0.39 is 0 Å². The molecule has 0 aliphatic rings. The Bertz CT molecular complexity index is 567. The largest absolute Gasteiger partial charge is 0.322 e. The molecule has 1 N–H and O–H groups in total. The van der Waals surface area contributed by atoms with E-state index in [4.69, 9.17) is 0 Å². The van der Waals surface area contributed by atoms with E-state index in [2.05, 4.69) is 43.8 Å². The molecule has 2 aromatic rings. The van der Waals surface area contributed by atoms with E-state index in [0.717, 1.165) is 18.6 Å². The summed E-state index contributed by atoms with van der Waals surface area (Å²) in [6.45, 7) is 1.99. The van der Waals surface area contributed by atoms with Gasteiger partial charge in [0.05, 0.1) is 9.35 Å². The van der Waals surface area contributed by atoms with Crippen molar-refractivity contribution in [2.45, 2.75) is 6.92 Å². The number of amides is 1. The lowest BCUT2D eigenvalue weighted by molar-refractivity contribution is 0.102. The molecule has 0 fully saturated rings. The Morgan fingerprint density at radius 2 is 2.18 bits per heavy atom. The molecule has 17 heavy (non-hydrogen) atoms. The zero-order valence-electron chi connectivity index (χ0n) is 8.96. The second-order valence-corrected chi connectivity index (χ2v) is 7.09. The normalized spacial score (nSPS) is 10.3. The molecule has 0 radical (unpaired) electrons. The Hall–Kier alpha value is -0.400. The van der Waals surface area contributed by atoms with Gasteiger partial charge in [-0.05, 0) is 75.3 Å². The van der Waals surface area contributed by atoms with E-state index in [0.29, 0.717) is 5.56 Å². The van der Waals surface area contributed by atoms with E-state index in [1.165, 1.54) is 11.3 Å². The molecule has 0 bridgehead atoms. The second kappa shape index (κ2) is 5.49. The third-order valence-corrected chi connectivity index (χ3v) is 4.44. The molecule has 0 spiro atoms. The molecule has 0 saturated carbocycles. The van der Waals surface area contributed by atoms with Gasteiger partial charge in [-0.25, -0.2) is 0 Å². The highest BCUT2D eigenvalue weighted by atomic mass is 127. The molecule has 1 aromatic carbocycles. The number of rotatable bonds is 2. The minimum atomic E-state index is -0.0729. The zero-order valence-corrected chi connectivity index (χ0v) is 13.5. The lowest BCUT2D eigenvalue weighted by Crippen LogP contribution is -2.11. The number of anilines is 1. The molecule has 88 valence electrons. The second-order valence-electron chi connectivity index (χ2n) is 3.55. The van der Waals surface area contributed by atoms with Crippen molar-refractivity contribution >= 4 is 61.5 Å². The molecule has 1 heterocycles. The van der Waals surface area contributed by atoms with Crippen LogP contribution in [0.15, 0.2) is 33.4 Å². The van der Waals surface area contributed by atoms with Gasteiger partial charge in [-0.3, -0.25) is 4.79 Å². The Morgan fingerprint density at radius 3 is 2.76 bits per heavy atom. The van der Waals surface area contributed by atoms with E-state index in [1.54, 1.807) is 0 Å². The lowest BCUT2D eigenvalue weighted by atomic mass is 10.2. The lowest BCUT2D eigenvalue weighted by Gasteiger charge is -2.07. The number of hydrogen-bond donors (Lipinski definition) is 1. The van der Waals surface area contributed by atoms with Gasteiger partial charge in [0.1, 0.15) is 0 Å². The summed E-state index contributed by atoms with van der Waals surface area (Å²) in [6.07, 6.45) is 0. The smallest absolute Gasteiger partial charge is 0.256 e. The van der Waals surface area contributed by atoms with Crippen molar-refractivity contribution in [2.24, 2.45) is 0 Å². The molecule has 0 saturated heterocycles. The Labute approximate surface area is 126 Å². The van der Waals surface area contributed by atoms with Gasteiger partial charge >= 0.3 is 0 Å². The van der Waals surface area contributed by atoms with E-state index in [-0.39, 0.29) is 5.91 Å². The van der Waals surface area contributed by atoms with Crippen LogP contribution in [-0.4, -0.2) is 5.91 Å². The van der Waals surface area contributed by atoms with E-state index >= 15 is 0 Å². The summed E-state index contributed by atoms with van der Waals surface area (Å²) in [5, 5.41) is 4.75. The number of carbonyl (C=O) groups is 1. The summed E-state index contributed by atoms with van der Waals surface area (Å²) >= 11 is 7.11. The maximum absolute atomic E-state index is 11.9. The summed E-state index contributed by atoms with van der Waals surface area (Å²) in [5.41, 5.74) is 2.61. The predicted octanol–water partition coefficient (Wildman–Crippen LogP) is 4.68. The van der Waals surface area contributed by atoms with Crippen LogP contribution in [0.1, 0.15) is 15.9 Å². The van der Waals surface area contributed by atoms with Gasteiger partial charge in [0.2, 0.25) is 0 Å². The summed E-state index contributed by atoms with van der Waals surface area (Å²) in [6, 6.07) is 7.77. The fourth-order valence-electron chi connectivity index (χ4n) is 1.39. The van der Waals surface area contributed by atoms with Gasteiger partial charge in [0.15, 0.2) is 0 Å². The highest BCUT2D eigenvalue weighted by Gasteiger charge is 2.09. The number of thiophene rings is 1. The van der Waals surface area contributed by atoms with Crippen molar-refractivity contribution in [3.8, 4) is 0 Å². The Kier molecular flexibility index (Phi) is 4.22. The van der Waals surface area contributed by atoms with Crippen LogP contribution < -0.4 is 5.32 Å².